The molecule has 5 aromatic carbocycles. The maximum Gasteiger partial charge on any atom is 0.0158 e. The molecule has 46 heavy (non-hydrogen) atoms. The summed E-state index contributed by atoms with van der Waals surface area (Å²) in [6.07, 6.45) is 6.24. The molecule has 8 rings (SSSR count). The van der Waals surface area contributed by atoms with Crippen molar-refractivity contribution in [2.45, 2.75) is 38.5 Å². The summed E-state index contributed by atoms with van der Waals surface area (Å²) in [4.78, 5) is 0. The first-order valence-electron chi connectivity index (χ1n) is 16.1. The van der Waals surface area contributed by atoms with Gasteiger partial charge in [-0.2, -0.15) is 0 Å². The lowest BCUT2D eigenvalue weighted by Crippen LogP contribution is -2.15. The molecule has 0 fully saturated rings. The monoisotopic (exact) mass is 590 g/mol. The van der Waals surface area contributed by atoms with Crippen LogP contribution in [0.1, 0.15) is 55.5 Å². The van der Waals surface area contributed by atoms with Gasteiger partial charge in [0.15, 0.2) is 0 Å². The standard InChI is InChI=1S/C46H38/c1-9-13-40-28(3)33-20-19-31(26-43(33)45(40,5)6)34-22-23-38-35-21-18-30(25-39(35)37-16-12-15-36(34)44(37)38)27(2)24-42-29(4)32-14-10-11-17-41(32)46(42,7)8/h9-26H,1-4H2,5-8H3. The predicted molar refractivity (Wildman–Crippen MR) is 200 cm³/mol. The molecule has 0 nitrogen and oxygen atoms in total. The molecular formula is C46H38. The summed E-state index contributed by atoms with van der Waals surface area (Å²) in [6.45, 7) is 26.6. The van der Waals surface area contributed by atoms with Crippen LogP contribution in [0.4, 0.5) is 0 Å². The first kappa shape index (κ1) is 28.3. The van der Waals surface area contributed by atoms with Gasteiger partial charge in [0.25, 0.3) is 0 Å². The van der Waals surface area contributed by atoms with Crippen molar-refractivity contribution in [2.24, 2.45) is 0 Å². The normalized spacial score (nSPS) is 18.3. The van der Waals surface area contributed by atoms with Gasteiger partial charge >= 0.3 is 0 Å². The summed E-state index contributed by atoms with van der Waals surface area (Å²) in [7, 11) is 0. The Bertz CT molecular complexity index is 2310. The minimum absolute atomic E-state index is 0.116. The molecule has 0 saturated heterocycles. The fraction of sp³-hybridized carbons (Fsp3) is 0.130. The van der Waals surface area contributed by atoms with Crippen molar-refractivity contribution >= 4 is 27.5 Å². The average molecular weight is 591 g/mol. The molecule has 0 aliphatic heterocycles. The van der Waals surface area contributed by atoms with Crippen LogP contribution in [0.25, 0.3) is 60.9 Å². The maximum absolute atomic E-state index is 4.56. The minimum atomic E-state index is -0.126. The van der Waals surface area contributed by atoms with E-state index in [1.54, 1.807) is 0 Å². The van der Waals surface area contributed by atoms with Crippen LogP contribution in [0.5, 0.6) is 0 Å². The third kappa shape index (κ3) is 3.74. The summed E-state index contributed by atoms with van der Waals surface area (Å²) in [6, 6.07) is 33.7. The Morgan fingerprint density at radius 3 is 2.00 bits per heavy atom. The SMILES string of the molecule is C=CC=C1C(=C)c2ccc(-c3ccc4c5c(cccc35)-c3cc(C(=C)C=C5C(=C)c6ccccc6C5(C)C)ccc3-4)cc2C1(C)C. The molecule has 0 amide bonds. The Morgan fingerprint density at radius 1 is 0.587 bits per heavy atom. The molecule has 0 N–H and O–H groups in total. The molecule has 0 saturated carbocycles. The van der Waals surface area contributed by atoms with Crippen molar-refractivity contribution in [3.05, 3.63) is 175 Å². The van der Waals surface area contributed by atoms with E-state index in [1.807, 2.05) is 6.08 Å². The molecule has 3 aliphatic carbocycles. The highest BCUT2D eigenvalue weighted by Gasteiger charge is 2.38. The van der Waals surface area contributed by atoms with E-state index in [0.717, 1.165) is 22.3 Å². The molecule has 0 atom stereocenters. The van der Waals surface area contributed by atoms with E-state index < -0.39 is 0 Å². The molecule has 0 spiro atoms. The summed E-state index contributed by atoms with van der Waals surface area (Å²) in [5, 5.41) is 2.61. The summed E-state index contributed by atoms with van der Waals surface area (Å²) in [5.74, 6) is 0. The van der Waals surface area contributed by atoms with Crippen LogP contribution >= 0.6 is 0 Å². The number of fused-ring (bicyclic) bond motifs is 5. The van der Waals surface area contributed by atoms with Crippen molar-refractivity contribution < 1.29 is 0 Å². The Hall–Kier alpha value is -5.20. The van der Waals surface area contributed by atoms with Crippen LogP contribution in [-0.2, 0) is 10.8 Å². The highest BCUT2D eigenvalue weighted by Crippen LogP contribution is 2.53. The van der Waals surface area contributed by atoms with Gasteiger partial charge in [0.1, 0.15) is 0 Å². The van der Waals surface area contributed by atoms with Crippen LogP contribution < -0.4 is 0 Å². The molecule has 222 valence electrons. The second kappa shape index (κ2) is 9.65. The summed E-state index contributed by atoms with van der Waals surface area (Å²) in [5.41, 5.74) is 19.3. The number of hydrogen-bond donors (Lipinski definition) is 0. The van der Waals surface area contributed by atoms with Crippen molar-refractivity contribution in [2.75, 3.05) is 0 Å². The molecule has 0 heterocycles. The Labute approximate surface area is 273 Å². The van der Waals surface area contributed by atoms with Gasteiger partial charge in [-0.15, -0.1) is 0 Å². The van der Waals surface area contributed by atoms with Gasteiger partial charge in [0.05, 0.1) is 0 Å². The Morgan fingerprint density at radius 2 is 1.22 bits per heavy atom. The smallest absolute Gasteiger partial charge is 0.0158 e. The van der Waals surface area contributed by atoms with Gasteiger partial charge in [0, 0.05) is 10.8 Å². The number of rotatable bonds is 4. The van der Waals surface area contributed by atoms with Gasteiger partial charge in [-0.3, -0.25) is 0 Å². The van der Waals surface area contributed by atoms with E-state index >= 15 is 0 Å². The second-order valence-electron chi connectivity index (χ2n) is 14.1. The van der Waals surface area contributed by atoms with Crippen LogP contribution in [0, 0.1) is 0 Å². The van der Waals surface area contributed by atoms with Crippen molar-refractivity contribution in [3.63, 3.8) is 0 Å². The predicted octanol–water partition coefficient (Wildman–Crippen LogP) is 12.5. The van der Waals surface area contributed by atoms with Crippen LogP contribution in [0.3, 0.4) is 0 Å². The lowest BCUT2D eigenvalue weighted by Gasteiger charge is -2.22. The fourth-order valence-corrected chi connectivity index (χ4v) is 8.38. The van der Waals surface area contributed by atoms with E-state index in [1.165, 1.54) is 77.6 Å². The molecule has 0 radical (unpaired) electrons. The third-order valence-corrected chi connectivity index (χ3v) is 10.9. The lowest BCUT2D eigenvalue weighted by molar-refractivity contribution is 0.661. The molecule has 3 aliphatic rings. The number of allylic oxidation sites excluding steroid dienone is 8. The Kier molecular flexibility index (Phi) is 5.93. The van der Waals surface area contributed by atoms with Crippen molar-refractivity contribution in [3.8, 4) is 33.4 Å². The molecule has 0 aromatic heterocycles. The lowest BCUT2D eigenvalue weighted by atomic mass is 9.81. The van der Waals surface area contributed by atoms with Gasteiger partial charge in [-0.1, -0.05) is 151 Å². The van der Waals surface area contributed by atoms with E-state index in [-0.39, 0.29) is 10.8 Å². The van der Waals surface area contributed by atoms with Gasteiger partial charge in [-0.25, -0.2) is 0 Å². The average Bonchev–Trinajstić information content (AvgIpc) is 3.55. The highest BCUT2D eigenvalue weighted by atomic mass is 14.4. The largest absolute Gasteiger partial charge is 0.0991 e. The molecule has 0 unspecified atom stereocenters. The minimum Gasteiger partial charge on any atom is -0.0991 e. The van der Waals surface area contributed by atoms with Gasteiger partial charge in [-0.05, 0) is 112 Å². The molecule has 5 aromatic rings. The maximum atomic E-state index is 4.56. The number of hydrogen-bond acceptors (Lipinski definition) is 0. The highest BCUT2D eigenvalue weighted by molar-refractivity contribution is 6.19. The zero-order chi connectivity index (χ0) is 32.1. The van der Waals surface area contributed by atoms with Crippen molar-refractivity contribution in [1.29, 1.82) is 0 Å². The summed E-state index contributed by atoms with van der Waals surface area (Å²) < 4.78 is 0. The summed E-state index contributed by atoms with van der Waals surface area (Å²) >= 11 is 0. The van der Waals surface area contributed by atoms with E-state index in [0.29, 0.717) is 0 Å². The second-order valence-corrected chi connectivity index (χ2v) is 14.1. The van der Waals surface area contributed by atoms with E-state index in [9.17, 15) is 0 Å². The first-order chi connectivity index (χ1) is 22.0. The van der Waals surface area contributed by atoms with E-state index in [2.05, 4.69) is 157 Å². The topological polar surface area (TPSA) is 0 Å². The van der Waals surface area contributed by atoms with Gasteiger partial charge in [0.2, 0.25) is 0 Å². The zero-order valence-electron chi connectivity index (χ0n) is 27.2. The number of benzene rings is 5. The van der Waals surface area contributed by atoms with Crippen LogP contribution in [0.2, 0.25) is 0 Å². The van der Waals surface area contributed by atoms with E-state index in [4.69, 9.17) is 0 Å². The zero-order valence-corrected chi connectivity index (χ0v) is 27.2. The van der Waals surface area contributed by atoms with Crippen LogP contribution in [-0.4, -0.2) is 0 Å². The van der Waals surface area contributed by atoms with Crippen LogP contribution in [0.15, 0.2) is 147 Å². The molecule has 0 bridgehead atoms. The van der Waals surface area contributed by atoms with Gasteiger partial charge < -0.3 is 0 Å². The van der Waals surface area contributed by atoms with Crippen molar-refractivity contribution in [1.82, 2.24) is 0 Å². The third-order valence-electron chi connectivity index (χ3n) is 10.9. The molecule has 0 heteroatoms. The first-order valence-corrected chi connectivity index (χ1v) is 16.1. The Balaban J connectivity index is 1.20. The fourth-order valence-electron chi connectivity index (χ4n) is 8.38. The molecular weight excluding hydrogens is 553 g/mol. The quantitative estimate of drug-likeness (QED) is 0.192.